The van der Waals surface area contributed by atoms with Crippen LogP contribution in [-0.2, 0) is 4.79 Å². The van der Waals surface area contributed by atoms with Gasteiger partial charge in [0.25, 0.3) is 5.91 Å². The molecule has 2 amide bonds. The molecule has 146 valence electrons. The molecule has 3 rings (SSSR count). The van der Waals surface area contributed by atoms with E-state index in [1.54, 1.807) is 56.5 Å². The number of anilines is 1. The normalized spacial score (nSPS) is 12.0. The fourth-order valence-corrected chi connectivity index (χ4v) is 2.84. The van der Waals surface area contributed by atoms with E-state index in [9.17, 15) is 9.59 Å². The first-order valence-corrected chi connectivity index (χ1v) is 9.00. The standard InChI is InChI=1S/C21H23N3O4/c1-12(2)19(24-20(25)14-5-8-16(27-4)9-6-14)21(26)23-15-7-10-18-17(11-15)22-13(3)28-18/h5-12,19H,1-4H3,(H,23,26)(H,24,25). The van der Waals surface area contributed by atoms with Crippen LogP contribution in [0.15, 0.2) is 46.9 Å². The number of hydrogen-bond donors (Lipinski definition) is 2. The maximum absolute atomic E-state index is 12.8. The molecular formula is C21H23N3O4. The SMILES string of the molecule is COc1ccc(C(=O)NC(C(=O)Nc2ccc3oc(C)nc3c2)C(C)C)cc1. The van der Waals surface area contributed by atoms with Gasteiger partial charge >= 0.3 is 0 Å². The predicted octanol–water partition coefficient (Wildman–Crippen LogP) is 3.54. The van der Waals surface area contributed by atoms with Crippen molar-refractivity contribution in [3.05, 3.63) is 53.9 Å². The third kappa shape index (κ3) is 4.31. The highest BCUT2D eigenvalue weighted by atomic mass is 16.5. The molecule has 0 spiro atoms. The Bertz CT molecular complexity index is 993. The van der Waals surface area contributed by atoms with Crippen LogP contribution >= 0.6 is 0 Å². The molecule has 0 saturated carbocycles. The lowest BCUT2D eigenvalue weighted by Gasteiger charge is -2.22. The molecule has 2 N–H and O–H groups in total. The molecule has 0 aliphatic carbocycles. The average molecular weight is 381 g/mol. The van der Waals surface area contributed by atoms with E-state index in [0.717, 1.165) is 0 Å². The number of aryl methyl sites for hydroxylation is 1. The summed E-state index contributed by atoms with van der Waals surface area (Å²) in [6, 6.07) is 11.3. The molecule has 1 unspecified atom stereocenters. The number of oxazole rings is 1. The molecule has 0 bridgehead atoms. The minimum Gasteiger partial charge on any atom is -0.497 e. The quantitative estimate of drug-likeness (QED) is 0.681. The molecule has 1 atom stereocenters. The largest absolute Gasteiger partial charge is 0.497 e. The van der Waals surface area contributed by atoms with E-state index in [-0.39, 0.29) is 17.7 Å². The summed E-state index contributed by atoms with van der Waals surface area (Å²) in [6.45, 7) is 5.52. The average Bonchev–Trinajstić information content (AvgIpc) is 3.04. The highest BCUT2D eigenvalue weighted by Crippen LogP contribution is 2.20. The highest BCUT2D eigenvalue weighted by molar-refractivity contribution is 6.01. The van der Waals surface area contributed by atoms with E-state index in [0.29, 0.717) is 34.0 Å². The number of nitrogens with zero attached hydrogens (tertiary/aromatic N) is 1. The molecule has 7 heteroatoms. The van der Waals surface area contributed by atoms with E-state index in [1.807, 2.05) is 13.8 Å². The van der Waals surface area contributed by atoms with E-state index in [4.69, 9.17) is 9.15 Å². The van der Waals surface area contributed by atoms with Crippen molar-refractivity contribution in [2.45, 2.75) is 26.8 Å². The lowest BCUT2D eigenvalue weighted by molar-refractivity contribution is -0.118. The molecule has 1 heterocycles. The van der Waals surface area contributed by atoms with E-state index < -0.39 is 6.04 Å². The van der Waals surface area contributed by atoms with Gasteiger partial charge in [0.2, 0.25) is 5.91 Å². The first-order chi connectivity index (χ1) is 13.4. The summed E-state index contributed by atoms with van der Waals surface area (Å²) in [5, 5.41) is 5.65. The van der Waals surface area contributed by atoms with Crippen LogP contribution in [0.5, 0.6) is 5.75 Å². The van der Waals surface area contributed by atoms with Crippen molar-refractivity contribution < 1.29 is 18.7 Å². The van der Waals surface area contributed by atoms with Gasteiger partial charge in [-0.05, 0) is 48.4 Å². The van der Waals surface area contributed by atoms with Crippen LogP contribution in [0.3, 0.4) is 0 Å². The second-order valence-electron chi connectivity index (χ2n) is 6.83. The van der Waals surface area contributed by atoms with Crippen molar-refractivity contribution in [3.8, 4) is 5.75 Å². The number of carbonyl (C=O) groups is 2. The summed E-state index contributed by atoms with van der Waals surface area (Å²) in [4.78, 5) is 29.6. The number of ether oxygens (including phenoxy) is 1. The number of nitrogens with one attached hydrogen (secondary N) is 2. The number of methoxy groups -OCH3 is 1. The van der Waals surface area contributed by atoms with Crippen molar-refractivity contribution in [1.82, 2.24) is 10.3 Å². The topological polar surface area (TPSA) is 93.5 Å². The third-order valence-corrected chi connectivity index (χ3v) is 4.35. The van der Waals surface area contributed by atoms with E-state index in [1.165, 1.54) is 0 Å². The maximum atomic E-state index is 12.8. The summed E-state index contributed by atoms with van der Waals surface area (Å²) in [6.07, 6.45) is 0. The molecule has 7 nitrogen and oxygen atoms in total. The van der Waals surface area contributed by atoms with Gasteiger partial charge < -0.3 is 19.8 Å². The van der Waals surface area contributed by atoms with Crippen molar-refractivity contribution in [2.75, 3.05) is 12.4 Å². The molecular weight excluding hydrogens is 358 g/mol. The first kappa shape index (κ1) is 19.4. The Morgan fingerprint density at radius 3 is 2.46 bits per heavy atom. The number of aromatic nitrogens is 1. The zero-order valence-electron chi connectivity index (χ0n) is 16.3. The molecule has 1 aromatic heterocycles. The summed E-state index contributed by atoms with van der Waals surface area (Å²) in [5.74, 6) is 0.509. The lowest BCUT2D eigenvalue weighted by Crippen LogP contribution is -2.47. The number of fused-ring (bicyclic) bond motifs is 1. The number of hydrogen-bond acceptors (Lipinski definition) is 5. The lowest BCUT2D eigenvalue weighted by atomic mass is 10.0. The fraction of sp³-hybridized carbons (Fsp3) is 0.286. The van der Waals surface area contributed by atoms with Crippen LogP contribution in [0.1, 0.15) is 30.1 Å². The molecule has 0 fully saturated rings. The second kappa shape index (κ2) is 8.12. The highest BCUT2D eigenvalue weighted by Gasteiger charge is 2.25. The summed E-state index contributed by atoms with van der Waals surface area (Å²) >= 11 is 0. The van der Waals surface area contributed by atoms with Gasteiger partial charge in [0.1, 0.15) is 17.3 Å². The van der Waals surface area contributed by atoms with Crippen LogP contribution in [0.2, 0.25) is 0 Å². The predicted molar refractivity (Wildman–Crippen MR) is 106 cm³/mol. The number of carbonyl (C=O) groups excluding carboxylic acids is 2. The zero-order valence-corrected chi connectivity index (χ0v) is 16.3. The number of amides is 2. The molecule has 2 aromatic carbocycles. The van der Waals surface area contributed by atoms with Crippen LogP contribution in [0.25, 0.3) is 11.1 Å². The summed E-state index contributed by atoms with van der Waals surface area (Å²) in [5.41, 5.74) is 2.37. The minimum atomic E-state index is -0.690. The van der Waals surface area contributed by atoms with E-state index >= 15 is 0 Å². The van der Waals surface area contributed by atoms with Gasteiger partial charge in [-0.15, -0.1) is 0 Å². The Morgan fingerprint density at radius 1 is 1.11 bits per heavy atom. The maximum Gasteiger partial charge on any atom is 0.251 e. The molecule has 0 aliphatic heterocycles. The van der Waals surface area contributed by atoms with Gasteiger partial charge in [-0.1, -0.05) is 13.8 Å². The Labute approximate surface area is 163 Å². The van der Waals surface area contributed by atoms with Crippen molar-refractivity contribution in [1.29, 1.82) is 0 Å². The second-order valence-corrected chi connectivity index (χ2v) is 6.83. The Morgan fingerprint density at radius 2 is 1.82 bits per heavy atom. The monoisotopic (exact) mass is 381 g/mol. The number of rotatable bonds is 6. The molecule has 0 aliphatic rings. The van der Waals surface area contributed by atoms with Gasteiger partial charge in [-0.3, -0.25) is 9.59 Å². The minimum absolute atomic E-state index is 0.0970. The van der Waals surface area contributed by atoms with Gasteiger partial charge in [0.05, 0.1) is 7.11 Å². The van der Waals surface area contributed by atoms with E-state index in [2.05, 4.69) is 15.6 Å². The third-order valence-electron chi connectivity index (χ3n) is 4.35. The molecule has 0 saturated heterocycles. The number of benzene rings is 2. The van der Waals surface area contributed by atoms with Crippen molar-refractivity contribution in [2.24, 2.45) is 5.92 Å². The molecule has 0 radical (unpaired) electrons. The van der Waals surface area contributed by atoms with Gasteiger partial charge in [-0.25, -0.2) is 4.98 Å². The van der Waals surface area contributed by atoms with Crippen molar-refractivity contribution in [3.63, 3.8) is 0 Å². The summed E-state index contributed by atoms with van der Waals surface area (Å²) in [7, 11) is 1.56. The Hall–Kier alpha value is -3.35. The zero-order chi connectivity index (χ0) is 20.3. The smallest absolute Gasteiger partial charge is 0.251 e. The molecule has 28 heavy (non-hydrogen) atoms. The first-order valence-electron chi connectivity index (χ1n) is 9.00. The van der Waals surface area contributed by atoms with Gasteiger partial charge in [0, 0.05) is 18.2 Å². The van der Waals surface area contributed by atoms with Crippen LogP contribution < -0.4 is 15.4 Å². The Balaban J connectivity index is 1.72. The van der Waals surface area contributed by atoms with Crippen LogP contribution in [0, 0.1) is 12.8 Å². The summed E-state index contributed by atoms with van der Waals surface area (Å²) < 4.78 is 10.5. The van der Waals surface area contributed by atoms with Crippen LogP contribution in [-0.4, -0.2) is 29.9 Å². The van der Waals surface area contributed by atoms with Crippen molar-refractivity contribution >= 4 is 28.6 Å². The fourth-order valence-electron chi connectivity index (χ4n) is 2.84. The molecule has 3 aromatic rings. The van der Waals surface area contributed by atoms with Gasteiger partial charge in [0.15, 0.2) is 11.5 Å². The van der Waals surface area contributed by atoms with Gasteiger partial charge in [-0.2, -0.15) is 0 Å². The van der Waals surface area contributed by atoms with Crippen LogP contribution in [0.4, 0.5) is 5.69 Å². The Kier molecular flexibility index (Phi) is 5.63.